The molecule has 0 radical (unpaired) electrons. The Morgan fingerprint density at radius 2 is 2.30 bits per heavy atom. The Balaban J connectivity index is 2.93. The van der Waals surface area contributed by atoms with Gasteiger partial charge in [-0.25, -0.2) is 0 Å². The van der Waals surface area contributed by atoms with Crippen LogP contribution in [0.1, 0.15) is 0 Å². The quantitative estimate of drug-likeness (QED) is 0.649. The van der Waals surface area contributed by atoms with Gasteiger partial charge in [0.15, 0.2) is 0 Å². The van der Waals surface area contributed by atoms with E-state index in [1.807, 2.05) is 0 Å². The molecule has 10 heavy (non-hydrogen) atoms. The third-order valence-electron chi connectivity index (χ3n) is 1.15. The summed E-state index contributed by atoms with van der Waals surface area (Å²) in [6.07, 6.45) is 4.89. The van der Waals surface area contributed by atoms with Crippen LogP contribution in [0.3, 0.4) is 0 Å². The minimum absolute atomic E-state index is 0.824. The van der Waals surface area contributed by atoms with E-state index >= 15 is 0 Å². The van der Waals surface area contributed by atoms with Gasteiger partial charge in [-0.15, -0.1) is 0 Å². The first-order valence-corrected chi connectivity index (χ1v) is 3.60. The zero-order valence-electron chi connectivity index (χ0n) is 4.82. The fourth-order valence-corrected chi connectivity index (χ4v) is 1.22. The average molecular weight is 316 g/mol. The van der Waals surface area contributed by atoms with Crippen molar-refractivity contribution in [2.75, 3.05) is 0 Å². The maximum atomic E-state index is 4.04. The summed E-state index contributed by atoms with van der Waals surface area (Å²) < 4.78 is 1.80. The van der Waals surface area contributed by atoms with E-state index in [2.05, 4.69) is 36.3 Å². The van der Waals surface area contributed by atoms with Crippen LogP contribution >= 0.6 is 0 Å². The molecule has 0 fully saturated rings. The number of imidazole rings is 1. The van der Waals surface area contributed by atoms with Crippen molar-refractivity contribution >= 4 is 11.2 Å². The number of rotatable bonds is 0. The second-order valence-corrected chi connectivity index (χ2v) is 2.79. The first-order valence-electron chi connectivity index (χ1n) is 2.64. The molecule has 2 aromatic rings. The van der Waals surface area contributed by atoms with Gasteiger partial charge < -0.3 is 0 Å². The van der Waals surface area contributed by atoms with Crippen LogP contribution in [-0.2, 0) is 21.3 Å². The van der Waals surface area contributed by atoms with E-state index in [0.717, 1.165) is 11.2 Å². The standard InChI is InChI=1S/C5H3N4.Au/c1-4-5(8-2-6-1)9-3-7-4;/h1-3H;/q-1;+1. The van der Waals surface area contributed by atoms with Gasteiger partial charge >= 0.3 is 69.3 Å². The van der Waals surface area contributed by atoms with E-state index in [4.69, 9.17) is 0 Å². The van der Waals surface area contributed by atoms with Crippen LogP contribution in [0.25, 0.3) is 11.2 Å². The Kier molecular flexibility index (Phi) is 1.30. The predicted molar refractivity (Wildman–Crippen MR) is 30.7 cm³/mol. The summed E-state index contributed by atoms with van der Waals surface area (Å²) in [4.78, 5) is 11.9. The van der Waals surface area contributed by atoms with Crippen molar-refractivity contribution < 1.29 is 21.3 Å². The van der Waals surface area contributed by atoms with E-state index in [9.17, 15) is 0 Å². The van der Waals surface area contributed by atoms with Crippen molar-refractivity contribution in [3.63, 3.8) is 0 Å². The molecule has 4 nitrogen and oxygen atoms in total. The molecule has 0 bridgehead atoms. The third-order valence-corrected chi connectivity index (χ3v) is 1.86. The molecule has 0 amide bonds. The van der Waals surface area contributed by atoms with Crippen molar-refractivity contribution in [2.45, 2.75) is 0 Å². The molecule has 0 spiro atoms. The molecule has 2 aromatic heterocycles. The van der Waals surface area contributed by atoms with Gasteiger partial charge in [0.1, 0.15) is 0 Å². The molecule has 0 atom stereocenters. The molecule has 0 aliphatic carbocycles. The van der Waals surface area contributed by atoms with Crippen LogP contribution in [-0.4, -0.2) is 17.9 Å². The molecule has 0 aliphatic heterocycles. The second-order valence-electron chi connectivity index (χ2n) is 1.75. The third kappa shape index (κ3) is 0.775. The van der Waals surface area contributed by atoms with Crippen LogP contribution in [0.2, 0.25) is 0 Å². The fourth-order valence-electron chi connectivity index (χ4n) is 0.721. The Hall–Kier alpha value is -0.710. The molecule has 2 heterocycles. The fraction of sp³-hybridized carbons (Fsp3) is 0. The van der Waals surface area contributed by atoms with E-state index < -0.39 is 0 Å². The van der Waals surface area contributed by atoms with Crippen molar-refractivity contribution in [1.82, 2.24) is 17.9 Å². The average Bonchev–Trinajstić information content (AvgIpc) is 2.34. The zero-order chi connectivity index (χ0) is 6.97. The van der Waals surface area contributed by atoms with E-state index in [1.165, 1.54) is 6.33 Å². The second kappa shape index (κ2) is 2.16. The molecule has 0 aliphatic rings. The normalized spacial score (nSPS) is 10.6. The molecular weight excluding hydrogens is 313 g/mol. The molecule has 0 saturated carbocycles. The first-order chi connectivity index (χ1) is 4.88. The van der Waals surface area contributed by atoms with Gasteiger partial charge in [0.25, 0.3) is 0 Å². The number of aromatic nitrogens is 4. The van der Waals surface area contributed by atoms with E-state index in [0.29, 0.717) is 0 Å². The first kappa shape index (κ1) is 6.03. The minimum atomic E-state index is 0.824. The molecule has 54 valence electrons. The van der Waals surface area contributed by atoms with Crippen LogP contribution in [0.15, 0.2) is 18.9 Å². The molecule has 5 heteroatoms. The number of fused-ring (bicyclic) bond motifs is 1. The maximum absolute atomic E-state index is 4.04. The summed E-state index contributed by atoms with van der Waals surface area (Å²) >= 11 is 2.30. The van der Waals surface area contributed by atoms with Crippen molar-refractivity contribution in [3.8, 4) is 0 Å². The summed E-state index contributed by atoms with van der Waals surface area (Å²) in [6, 6.07) is 0. The van der Waals surface area contributed by atoms with Crippen LogP contribution < -0.4 is 0 Å². The van der Waals surface area contributed by atoms with E-state index in [-0.39, 0.29) is 0 Å². The summed E-state index contributed by atoms with van der Waals surface area (Å²) in [6.45, 7) is 0. The van der Waals surface area contributed by atoms with Crippen LogP contribution in [0, 0.1) is 0 Å². The number of hydrogen-bond donors (Lipinski definition) is 0. The molecule has 0 saturated heterocycles. The molecule has 0 aromatic carbocycles. The van der Waals surface area contributed by atoms with Gasteiger partial charge in [0.2, 0.25) is 0 Å². The van der Waals surface area contributed by atoms with E-state index in [1.54, 1.807) is 15.5 Å². The monoisotopic (exact) mass is 316 g/mol. The Morgan fingerprint density at radius 1 is 1.40 bits per heavy atom. The van der Waals surface area contributed by atoms with Crippen molar-refractivity contribution in [3.05, 3.63) is 18.9 Å². The van der Waals surface area contributed by atoms with Gasteiger partial charge in [0.05, 0.1) is 0 Å². The van der Waals surface area contributed by atoms with Gasteiger partial charge in [-0.3, -0.25) is 0 Å². The van der Waals surface area contributed by atoms with Crippen molar-refractivity contribution in [2.24, 2.45) is 0 Å². The summed E-state index contributed by atoms with van der Waals surface area (Å²) in [5.74, 6) is 0. The van der Waals surface area contributed by atoms with Gasteiger partial charge in [-0.1, -0.05) is 0 Å². The van der Waals surface area contributed by atoms with Gasteiger partial charge in [-0.2, -0.15) is 0 Å². The molecule has 2 rings (SSSR count). The molecular formula is C5H3AuN4. The summed E-state index contributed by atoms with van der Waals surface area (Å²) in [5.41, 5.74) is 1.67. The zero-order valence-corrected chi connectivity index (χ0v) is 6.99. The molecule has 0 unspecified atom stereocenters. The van der Waals surface area contributed by atoms with Gasteiger partial charge in [-0.05, 0) is 0 Å². The topological polar surface area (TPSA) is 43.6 Å². The van der Waals surface area contributed by atoms with Crippen LogP contribution in [0.4, 0.5) is 0 Å². The van der Waals surface area contributed by atoms with Crippen molar-refractivity contribution in [1.29, 1.82) is 0 Å². The molecule has 0 N–H and O–H groups in total. The Bertz CT molecular complexity index is 355. The summed E-state index contributed by atoms with van der Waals surface area (Å²) in [5, 5.41) is 0. The van der Waals surface area contributed by atoms with Crippen LogP contribution in [0.5, 0.6) is 0 Å². The Morgan fingerprint density at radius 3 is 3.10 bits per heavy atom. The Labute approximate surface area is 69.5 Å². The predicted octanol–water partition coefficient (Wildman–Crippen LogP) is 0.136. The number of nitrogens with zero attached hydrogens (tertiary/aromatic N) is 4. The summed E-state index contributed by atoms with van der Waals surface area (Å²) in [7, 11) is 0. The van der Waals surface area contributed by atoms with Gasteiger partial charge in [0, 0.05) is 0 Å². The number of hydrogen-bond acceptors (Lipinski definition) is 3. The SMILES string of the molecule is [Au][n]1cnc2cncnc21.